The van der Waals surface area contributed by atoms with E-state index >= 15 is 0 Å². The second-order valence-electron chi connectivity index (χ2n) is 5.13. The van der Waals surface area contributed by atoms with E-state index in [4.69, 9.17) is 0 Å². The highest BCUT2D eigenvalue weighted by Crippen LogP contribution is 2.29. The van der Waals surface area contributed by atoms with E-state index in [-0.39, 0.29) is 11.7 Å². The third kappa shape index (κ3) is 4.35. The molecular weight excluding hydrogens is 285 g/mol. The Kier molecular flexibility index (Phi) is 4.72. The van der Waals surface area contributed by atoms with Gasteiger partial charge in [0.1, 0.15) is 0 Å². The van der Waals surface area contributed by atoms with Crippen LogP contribution < -0.4 is 10.6 Å². The summed E-state index contributed by atoms with van der Waals surface area (Å²) in [7, 11) is 0. The highest BCUT2D eigenvalue weighted by molar-refractivity contribution is 5.89. The van der Waals surface area contributed by atoms with Crippen molar-refractivity contribution in [3.8, 4) is 0 Å². The van der Waals surface area contributed by atoms with Gasteiger partial charge in [0.15, 0.2) is 0 Å². The summed E-state index contributed by atoms with van der Waals surface area (Å²) in [5, 5.41) is 14.8. The number of urea groups is 1. The number of halogens is 3. The molecule has 2 atom stereocenters. The van der Waals surface area contributed by atoms with Gasteiger partial charge in [-0.15, -0.1) is 0 Å². The topological polar surface area (TPSA) is 61.4 Å². The van der Waals surface area contributed by atoms with Gasteiger partial charge in [0.25, 0.3) is 0 Å². The fourth-order valence-corrected chi connectivity index (χ4v) is 2.36. The van der Waals surface area contributed by atoms with Gasteiger partial charge >= 0.3 is 12.2 Å². The summed E-state index contributed by atoms with van der Waals surface area (Å²) in [6, 6.07) is 3.36. The van der Waals surface area contributed by atoms with Crippen molar-refractivity contribution in [3.63, 3.8) is 0 Å². The SMILES string of the molecule is O=C(Nc1ccc(C(F)(F)F)cc1)NC1CCCCC1O. The van der Waals surface area contributed by atoms with Gasteiger partial charge in [-0.05, 0) is 37.1 Å². The number of aliphatic hydroxyl groups excluding tert-OH is 1. The number of carbonyl (C=O) groups is 1. The number of nitrogens with one attached hydrogen (secondary N) is 2. The number of hydrogen-bond donors (Lipinski definition) is 3. The van der Waals surface area contributed by atoms with Gasteiger partial charge in [-0.2, -0.15) is 13.2 Å². The second-order valence-corrected chi connectivity index (χ2v) is 5.13. The Hall–Kier alpha value is -1.76. The molecule has 0 aliphatic heterocycles. The van der Waals surface area contributed by atoms with Crippen molar-refractivity contribution in [2.75, 3.05) is 5.32 Å². The van der Waals surface area contributed by atoms with E-state index in [1.807, 2.05) is 0 Å². The first-order valence-electron chi connectivity index (χ1n) is 6.79. The molecular formula is C14H17F3N2O2. The van der Waals surface area contributed by atoms with Crippen LogP contribution in [0, 0.1) is 0 Å². The van der Waals surface area contributed by atoms with Crippen molar-refractivity contribution in [3.05, 3.63) is 29.8 Å². The number of carbonyl (C=O) groups excluding carboxylic acids is 1. The average molecular weight is 302 g/mol. The quantitative estimate of drug-likeness (QED) is 0.786. The lowest BCUT2D eigenvalue weighted by Gasteiger charge is -2.28. The van der Waals surface area contributed by atoms with Gasteiger partial charge in [-0.3, -0.25) is 0 Å². The first-order valence-corrected chi connectivity index (χ1v) is 6.79. The van der Waals surface area contributed by atoms with Crippen LogP contribution in [0.5, 0.6) is 0 Å². The molecule has 1 aliphatic rings. The molecule has 2 rings (SSSR count). The van der Waals surface area contributed by atoms with E-state index < -0.39 is 23.9 Å². The molecule has 0 radical (unpaired) electrons. The number of benzene rings is 1. The highest BCUT2D eigenvalue weighted by atomic mass is 19.4. The van der Waals surface area contributed by atoms with Crippen LogP contribution in [0.2, 0.25) is 0 Å². The summed E-state index contributed by atoms with van der Waals surface area (Å²) in [4.78, 5) is 11.8. The lowest BCUT2D eigenvalue weighted by Crippen LogP contribution is -2.46. The zero-order valence-electron chi connectivity index (χ0n) is 11.3. The second kappa shape index (κ2) is 6.34. The van der Waals surface area contributed by atoms with E-state index in [1.54, 1.807) is 0 Å². The van der Waals surface area contributed by atoms with Gasteiger partial charge in [0.05, 0.1) is 17.7 Å². The summed E-state index contributed by atoms with van der Waals surface area (Å²) in [5.41, 5.74) is -0.498. The molecule has 1 aromatic rings. The van der Waals surface area contributed by atoms with E-state index in [2.05, 4.69) is 10.6 Å². The van der Waals surface area contributed by atoms with Crippen molar-refractivity contribution in [1.82, 2.24) is 5.32 Å². The molecule has 2 amide bonds. The molecule has 1 saturated carbocycles. The van der Waals surface area contributed by atoms with Gasteiger partial charge in [-0.25, -0.2) is 4.79 Å². The Labute approximate surface area is 120 Å². The Morgan fingerprint density at radius 2 is 1.76 bits per heavy atom. The van der Waals surface area contributed by atoms with Crippen molar-refractivity contribution in [1.29, 1.82) is 0 Å². The predicted octanol–water partition coefficient (Wildman–Crippen LogP) is 3.13. The number of rotatable bonds is 2. The van der Waals surface area contributed by atoms with E-state index in [0.717, 1.165) is 25.0 Å². The molecule has 0 heterocycles. The van der Waals surface area contributed by atoms with Crippen LogP contribution in [0.4, 0.5) is 23.7 Å². The molecule has 1 fully saturated rings. The Morgan fingerprint density at radius 1 is 1.14 bits per heavy atom. The Bertz CT molecular complexity index is 488. The molecule has 1 aromatic carbocycles. The van der Waals surface area contributed by atoms with Crippen LogP contribution in [0.15, 0.2) is 24.3 Å². The summed E-state index contributed by atoms with van der Waals surface area (Å²) >= 11 is 0. The fraction of sp³-hybridized carbons (Fsp3) is 0.500. The predicted molar refractivity (Wildman–Crippen MR) is 71.9 cm³/mol. The van der Waals surface area contributed by atoms with Gasteiger partial charge in [-0.1, -0.05) is 12.8 Å². The van der Waals surface area contributed by atoms with E-state index in [0.29, 0.717) is 12.8 Å². The Morgan fingerprint density at radius 3 is 2.33 bits per heavy atom. The number of alkyl halides is 3. The summed E-state index contributed by atoms with van der Waals surface area (Å²) in [5.74, 6) is 0. The van der Waals surface area contributed by atoms with Crippen LogP contribution in [0.3, 0.4) is 0 Å². The smallest absolute Gasteiger partial charge is 0.391 e. The summed E-state index contributed by atoms with van der Waals surface area (Å²) < 4.78 is 37.2. The van der Waals surface area contributed by atoms with Crippen molar-refractivity contribution in [2.45, 2.75) is 44.0 Å². The minimum atomic E-state index is -4.40. The molecule has 0 saturated heterocycles. The summed E-state index contributed by atoms with van der Waals surface area (Å²) in [6.07, 6.45) is -1.76. The van der Waals surface area contributed by atoms with Crippen LogP contribution >= 0.6 is 0 Å². The number of anilines is 1. The van der Waals surface area contributed by atoms with Gasteiger partial charge in [0.2, 0.25) is 0 Å². The van der Waals surface area contributed by atoms with Crippen LogP contribution in [0.1, 0.15) is 31.2 Å². The zero-order valence-corrected chi connectivity index (χ0v) is 11.3. The zero-order chi connectivity index (χ0) is 15.5. The summed E-state index contributed by atoms with van der Waals surface area (Å²) in [6.45, 7) is 0. The lowest BCUT2D eigenvalue weighted by molar-refractivity contribution is -0.137. The largest absolute Gasteiger partial charge is 0.416 e. The highest BCUT2D eigenvalue weighted by Gasteiger charge is 2.30. The van der Waals surface area contributed by atoms with Crippen LogP contribution in [0.25, 0.3) is 0 Å². The third-order valence-corrected chi connectivity index (χ3v) is 3.52. The van der Waals surface area contributed by atoms with E-state index in [1.165, 1.54) is 12.1 Å². The molecule has 21 heavy (non-hydrogen) atoms. The average Bonchev–Trinajstić information content (AvgIpc) is 2.41. The molecule has 0 bridgehead atoms. The molecule has 3 N–H and O–H groups in total. The fourth-order valence-electron chi connectivity index (χ4n) is 2.36. The van der Waals surface area contributed by atoms with Crippen molar-refractivity contribution in [2.24, 2.45) is 0 Å². The van der Waals surface area contributed by atoms with Crippen molar-refractivity contribution >= 4 is 11.7 Å². The minimum Gasteiger partial charge on any atom is -0.391 e. The molecule has 4 nitrogen and oxygen atoms in total. The van der Waals surface area contributed by atoms with Gasteiger partial charge < -0.3 is 15.7 Å². The maximum absolute atomic E-state index is 12.4. The maximum atomic E-state index is 12.4. The molecule has 7 heteroatoms. The maximum Gasteiger partial charge on any atom is 0.416 e. The minimum absolute atomic E-state index is 0.269. The number of hydrogen-bond acceptors (Lipinski definition) is 2. The standard InChI is InChI=1S/C14H17F3N2O2/c15-14(16,17)9-5-7-10(8-6-9)18-13(21)19-11-3-1-2-4-12(11)20/h5-8,11-12,20H,1-4H2,(H2,18,19,21). The molecule has 0 aromatic heterocycles. The van der Waals surface area contributed by atoms with Crippen LogP contribution in [-0.2, 0) is 6.18 Å². The van der Waals surface area contributed by atoms with E-state index in [9.17, 15) is 23.1 Å². The third-order valence-electron chi connectivity index (χ3n) is 3.52. The van der Waals surface area contributed by atoms with Crippen LogP contribution in [-0.4, -0.2) is 23.3 Å². The number of aliphatic hydroxyl groups is 1. The normalized spacial score (nSPS) is 22.7. The first kappa shape index (κ1) is 15.6. The monoisotopic (exact) mass is 302 g/mol. The molecule has 0 spiro atoms. The molecule has 116 valence electrons. The van der Waals surface area contributed by atoms with Crippen molar-refractivity contribution < 1.29 is 23.1 Å². The lowest BCUT2D eigenvalue weighted by atomic mass is 9.93. The molecule has 2 unspecified atom stereocenters. The molecule has 1 aliphatic carbocycles. The number of amides is 2. The Balaban J connectivity index is 1.90. The first-order chi connectivity index (χ1) is 9.86. The van der Waals surface area contributed by atoms with Gasteiger partial charge in [0, 0.05) is 5.69 Å².